The van der Waals surface area contributed by atoms with Crippen molar-refractivity contribution in [1.29, 1.82) is 0 Å². The molecule has 2 aliphatic rings. The molecule has 0 aromatic rings. The van der Waals surface area contributed by atoms with Crippen LogP contribution in [0.2, 0.25) is 0 Å². The third kappa shape index (κ3) is 2.39. The van der Waals surface area contributed by atoms with Crippen LogP contribution in [0.15, 0.2) is 0 Å². The molecular formula is C10H16N2O3S. The number of imide groups is 1. The van der Waals surface area contributed by atoms with Crippen LogP contribution in [-0.4, -0.2) is 64.1 Å². The second-order valence-electron chi connectivity index (χ2n) is 4.11. The highest BCUT2D eigenvalue weighted by Crippen LogP contribution is 2.23. The van der Waals surface area contributed by atoms with Crippen LogP contribution in [0, 0.1) is 0 Å². The minimum atomic E-state index is -0.124. The van der Waals surface area contributed by atoms with Crippen molar-refractivity contribution < 1.29 is 14.7 Å². The number of amides is 2. The zero-order chi connectivity index (χ0) is 11.5. The number of rotatable bonds is 4. The van der Waals surface area contributed by atoms with Crippen LogP contribution in [0.3, 0.4) is 0 Å². The fourth-order valence-electron chi connectivity index (χ4n) is 2.29. The molecule has 0 saturated carbocycles. The maximum absolute atomic E-state index is 11.5. The van der Waals surface area contributed by atoms with Gasteiger partial charge in [-0.2, -0.15) is 0 Å². The Bertz CT molecular complexity index is 282. The molecule has 0 aromatic carbocycles. The van der Waals surface area contributed by atoms with Crippen molar-refractivity contribution in [2.75, 3.05) is 32.0 Å². The van der Waals surface area contributed by atoms with E-state index >= 15 is 0 Å². The van der Waals surface area contributed by atoms with Gasteiger partial charge in [-0.25, -0.2) is 0 Å². The Balaban J connectivity index is 1.93. The first-order valence-corrected chi connectivity index (χ1v) is 6.53. The lowest BCUT2D eigenvalue weighted by Gasteiger charge is -2.26. The lowest BCUT2D eigenvalue weighted by atomic mass is 10.2. The molecule has 5 nitrogen and oxygen atoms in total. The van der Waals surface area contributed by atoms with Crippen LogP contribution in [0.1, 0.15) is 12.8 Å². The number of carbonyl (C=O) groups excluding carboxylic acids is 2. The van der Waals surface area contributed by atoms with E-state index < -0.39 is 0 Å². The summed E-state index contributed by atoms with van der Waals surface area (Å²) in [6.07, 6.45) is 2.08. The van der Waals surface area contributed by atoms with E-state index in [-0.39, 0.29) is 29.5 Å². The normalized spacial score (nSPS) is 27.1. The molecule has 2 fully saturated rings. The molecule has 2 amide bonds. The van der Waals surface area contributed by atoms with Crippen molar-refractivity contribution in [1.82, 2.24) is 9.80 Å². The number of nitrogens with zero attached hydrogens (tertiary/aromatic N) is 2. The lowest BCUT2D eigenvalue weighted by Crippen LogP contribution is -2.43. The summed E-state index contributed by atoms with van der Waals surface area (Å²) in [7, 11) is 0. The molecule has 2 heterocycles. The number of hydrogen-bond donors (Lipinski definition) is 1. The van der Waals surface area contributed by atoms with E-state index in [1.807, 2.05) is 0 Å². The van der Waals surface area contributed by atoms with Gasteiger partial charge in [0.1, 0.15) is 0 Å². The first kappa shape index (κ1) is 11.9. The second kappa shape index (κ2) is 5.16. The van der Waals surface area contributed by atoms with E-state index in [2.05, 4.69) is 4.90 Å². The monoisotopic (exact) mass is 244 g/mol. The van der Waals surface area contributed by atoms with E-state index in [9.17, 15) is 9.59 Å². The number of aliphatic hydroxyl groups is 1. The Kier molecular flexibility index (Phi) is 3.83. The molecule has 90 valence electrons. The van der Waals surface area contributed by atoms with Crippen LogP contribution < -0.4 is 0 Å². The van der Waals surface area contributed by atoms with Gasteiger partial charge in [0, 0.05) is 19.1 Å². The van der Waals surface area contributed by atoms with Gasteiger partial charge in [0.05, 0.1) is 12.4 Å². The maximum Gasteiger partial charge on any atom is 0.288 e. The van der Waals surface area contributed by atoms with Crippen LogP contribution in [0.25, 0.3) is 0 Å². The predicted molar refractivity (Wildman–Crippen MR) is 61.2 cm³/mol. The summed E-state index contributed by atoms with van der Waals surface area (Å²) in [6.45, 7) is 2.21. The van der Waals surface area contributed by atoms with Gasteiger partial charge in [-0.3, -0.25) is 19.4 Å². The zero-order valence-corrected chi connectivity index (χ0v) is 9.91. The van der Waals surface area contributed by atoms with Gasteiger partial charge in [-0.15, -0.1) is 0 Å². The Morgan fingerprint density at radius 2 is 2.25 bits per heavy atom. The third-order valence-electron chi connectivity index (χ3n) is 3.12. The van der Waals surface area contributed by atoms with E-state index in [0.717, 1.165) is 31.1 Å². The molecular weight excluding hydrogens is 228 g/mol. The summed E-state index contributed by atoms with van der Waals surface area (Å²) in [6, 6.07) is 0.235. The molecule has 2 saturated heterocycles. The molecule has 0 spiro atoms. The van der Waals surface area contributed by atoms with Crippen molar-refractivity contribution in [3.8, 4) is 0 Å². The fourth-order valence-corrected chi connectivity index (χ4v) is 3.03. The Labute approximate surface area is 98.8 Å². The smallest absolute Gasteiger partial charge is 0.288 e. The number of β-amino-alcohol motifs (C(OH)–C–C–N with tert-alkyl or cyclic N) is 1. The van der Waals surface area contributed by atoms with Crippen LogP contribution >= 0.6 is 11.8 Å². The van der Waals surface area contributed by atoms with Gasteiger partial charge in [-0.1, -0.05) is 11.8 Å². The first-order chi connectivity index (χ1) is 7.72. The van der Waals surface area contributed by atoms with Crippen LogP contribution in [0.4, 0.5) is 4.79 Å². The molecule has 1 N–H and O–H groups in total. The minimum Gasteiger partial charge on any atom is -0.395 e. The maximum atomic E-state index is 11.5. The highest BCUT2D eigenvalue weighted by atomic mass is 32.2. The molecule has 0 aromatic heterocycles. The van der Waals surface area contributed by atoms with Crippen LogP contribution in [-0.2, 0) is 4.79 Å². The summed E-state index contributed by atoms with van der Waals surface area (Å²) in [5, 5.41) is 8.79. The van der Waals surface area contributed by atoms with Crippen molar-refractivity contribution in [3.63, 3.8) is 0 Å². The Morgan fingerprint density at radius 3 is 2.88 bits per heavy atom. The highest BCUT2D eigenvalue weighted by molar-refractivity contribution is 8.14. The third-order valence-corrected chi connectivity index (χ3v) is 3.98. The zero-order valence-electron chi connectivity index (χ0n) is 9.09. The van der Waals surface area contributed by atoms with Crippen molar-refractivity contribution in [2.45, 2.75) is 18.9 Å². The summed E-state index contributed by atoms with van der Waals surface area (Å²) in [5.41, 5.74) is 0. The Morgan fingerprint density at radius 1 is 1.44 bits per heavy atom. The number of likely N-dealkylation sites (tertiary alicyclic amines) is 1. The summed E-state index contributed by atoms with van der Waals surface area (Å²) in [5.74, 6) is 0.205. The summed E-state index contributed by atoms with van der Waals surface area (Å²) >= 11 is 1.08. The average Bonchev–Trinajstić information content (AvgIpc) is 2.81. The molecule has 2 rings (SSSR count). The van der Waals surface area contributed by atoms with E-state index in [4.69, 9.17) is 5.11 Å². The number of hydrogen-bond acceptors (Lipinski definition) is 5. The van der Waals surface area contributed by atoms with E-state index in [0.29, 0.717) is 13.1 Å². The van der Waals surface area contributed by atoms with Crippen molar-refractivity contribution in [3.05, 3.63) is 0 Å². The van der Waals surface area contributed by atoms with Crippen LogP contribution in [0.5, 0.6) is 0 Å². The fraction of sp³-hybridized carbons (Fsp3) is 0.800. The van der Waals surface area contributed by atoms with Gasteiger partial charge >= 0.3 is 0 Å². The Hall–Kier alpha value is -0.590. The number of thioether (sulfide) groups is 1. The van der Waals surface area contributed by atoms with Gasteiger partial charge in [-0.05, 0) is 19.4 Å². The molecule has 16 heavy (non-hydrogen) atoms. The van der Waals surface area contributed by atoms with Gasteiger partial charge in [0.2, 0.25) is 5.91 Å². The highest BCUT2D eigenvalue weighted by Gasteiger charge is 2.34. The SMILES string of the molecule is O=C1CSC(=O)N1C[C@@H]1CCCN1CCO. The summed E-state index contributed by atoms with van der Waals surface area (Å²) < 4.78 is 0. The minimum absolute atomic E-state index is 0.0779. The topological polar surface area (TPSA) is 60.9 Å². The lowest BCUT2D eigenvalue weighted by molar-refractivity contribution is -0.125. The second-order valence-corrected chi connectivity index (χ2v) is 5.04. The van der Waals surface area contributed by atoms with Gasteiger partial charge in [0.15, 0.2) is 0 Å². The number of aliphatic hydroxyl groups excluding tert-OH is 1. The average molecular weight is 244 g/mol. The van der Waals surface area contributed by atoms with Gasteiger partial charge < -0.3 is 5.11 Å². The van der Waals surface area contributed by atoms with Gasteiger partial charge in [0.25, 0.3) is 5.24 Å². The quantitative estimate of drug-likeness (QED) is 0.762. The molecule has 0 aliphatic carbocycles. The molecule has 0 radical (unpaired) electrons. The predicted octanol–water partition coefficient (Wildman–Crippen LogP) is 0.138. The largest absolute Gasteiger partial charge is 0.395 e. The first-order valence-electron chi connectivity index (χ1n) is 5.54. The molecule has 2 aliphatic heterocycles. The standard InChI is InChI=1S/C10H16N2O3S/c13-5-4-11-3-1-2-8(11)6-12-9(14)7-16-10(12)15/h8,13H,1-7H2/t8-/m0/s1. The number of carbonyl (C=O) groups is 2. The molecule has 6 heteroatoms. The van der Waals surface area contributed by atoms with Crippen molar-refractivity contribution >= 4 is 22.9 Å². The molecule has 1 atom stereocenters. The molecule has 0 unspecified atom stereocenters. The van der Waals surface area contributed by atoms with Crippen molar-refractivity contribution in [2.24, 2.45) is 0 Å². The van der Waals surface area contributed by atoms with E-state index in [1.54, 1.807) is 0 Å². The molecule has 0 bridgehead atoms. The summed E-state index contributed by atoms with van der Waals surface area (Å²) in [4.78, 5) is 26.4. The van der Waals surface area contributed by atoms with E-state index in [1.165, 1.54) is 4.90 Å².